The van der Waals surface area contributed by atoms with Gasteiger partial charge in [-0.25, -0.2) is 15.0 Å². The molecule has 0 amide bonds. The van der Waals surface area contributed by atoms with Crippen LogP contribution in [0, 0.1) is 0 Å². The van der Waals surface area contributed by atoms with Crippen molar-refractivity contribution in [1.82, 2.24) is 28.7 Å². The standard InChI is InChI=1S/C73H50N6/c1-46-63(55-32-12-11-31-54(55)59-39-40-60-56-33-13-16-36-64(56)77(68(60)67(46)59)51-26-7-3-8-27-51)44-47-21-19-24-49(43-47)72-74-71(48-22-5-2-6-23-48)75-73(76-72)50-25-20-30-53(45-50)79-66-38-18-15-35-58(66)62-42-41-61-57-34-14-17-37-65(57)78(69(61)70(62)79)52-28-9-4-10-29-52/h2-43,45-46,63H,44H2,1H3/t46-,63?/m0/s1. The third-order valence-electron chi connectivity index (χ3n) is 16.8. The summed E-state index contributed by atoms with van der Waals surface area (Å²) in [5.74, 6) is 2.30. The lowest BCUT2D eigenvalue weighted by atomic mass is 9.69. The summed E-state index contributed by atoms with van der Waals surface area (Å²) in [6.45, 7) is 2.44. The normalized spacial score (nSPS) is 14.2. The molecule has 11 aromatic carbocycles. The molecule has 6 heteroatoms. The first-order valence-electron chi connectivity index (χ1n) is 27.4. The van der Waals surface area contributed by atoms with Gasteiger partial charge in [0.25, 0.3) is 0 Å². The van der Waals surface area contributed by atoms with Gasteiger partial charge in [0, 0.05) is 66.1 Å². The Balaban J connectivity index is 0.834. The molecule has 0 saturated carbocycles. The van der Waals surface area contributed by atoms with E-state index in [4.69, 9.17) is 15.0 Å². The molecule has 0 aliphatic heterocycles. The van der Waals surface area contributed by atoms with Crippen LogP contribution < -0.4 is 0 Å². The molecule has 4 aromatic heterocycles. The van der Waals surface area contributed by atoms with Gasteiger partial charge in [-0.15, -0.1) is 0 Å². The number of hydrogen-bond donors (Lipinski definition) is 0. The first-order chi connectivity index (χ1) is 39.1. The maximum atomic E-state index is 5.40. The molecule has 0 spiro atoms. The van der Waals surface area contributed by atoms with Gasteiger partial charge in [0.2, 0.25) is 0 Å². The van der Waals surface area contributed by atoms with Crippen molar-refractivity contribution in [2.75, 3.05) is 0 Å². The molecule has 0 fully saturated rings. The lowest BCUT2D eigenvalue weighted by Crippen LogP contribution is -2.19. The molecule has 4 heterocycles. The van der Waals surface area contributed by atoms with Crippen LogP contribution in [0.4, 0.5) is 0 Å². The zero-order valence-electron chi connectivity index (χ0n) is 43.4. The number of hydrogen-bond acceptors (Lipinski definition) is 3. The van der Waals surface area contributed by atoms with Crippen molar-refractivity contribution in [1.29, 1.82) is 0 Å². The number of aromatic nitrogens is 6. The molecule has 1 unspecified atom stereocenters. The van der Waals surface area contributed by atoms with E-state index in [1.54, 1.807) is 0 Å². The van der Waals surface area contributed by atoms with Gasteiger partial charge in [0.05, 0.1) is 33.1 Å². The molecule has 0 radical (unpaired) electrons. The Kier molecular flexibility index (Phi) is 10.3. The number of benzene rings is 11. The summed E-state index contributed by atoms with van der Waals surface area (Å²) in [7, 11) is 0. The van der Waals surface area contributed by atoms with Crippen LogP contribution in [-0.4, -0.2) is 28.7 Å². The highest BCUT2D eigenvalue weighted by atomic mass is 15.1. The zero-order chi connectivity index (χ0) is 52.1. The second-order valence-corrected chi connectivity index (χ2v) is 21.1. The number of para-hydroxylation sites is 5. The second kappa shape index (κ2) is 18.0. The van der Waals surface area contributed by atoms with Crippen LogP contribution in [0.3, 0.4) is 0 Å². The van der Waals surface area contributed by atoms with E-state index < -0.39 is 0 Å². The van der Waals surface area contributed by atoms with Crippen molar-refractivity contribution in [3.63, 3.8) is 0 Å². The highest BCUT2D eigenvalue weighted by molar-refractivity contribution is 6.24. The highest BCUT2D eigenvalue weighted by Gasteiger charge is 2.34. The van der Waals surface area contributed by atoms with E-state index in [1.807, 2.05) is 18.2 Å². The fraction of sp³-hybridized carbons (Fsp3) is 0.0548. The van der Waals surface area contributed by atoms with Crippen LogP contribution in [0.5, 0.6) is 0 Å². The molecular formula is C73H50N6. The van der Waals surface area contributed by atoms with E-state index in [0.717, 1.165) is 45.5 Å². The van der Waals surface area contributed by atoms with Crippen LogP contribution in [-0.2, 0) is 6.42 Å². The maximum Gasteiger partial charge on any atom is 0.164 e. The smallest absolute Gasteiger partial charge is 0.164 e. The van der Waals surface area contributed by atoms with Gasteiger partial charge in [0.15, 0.2) is 17.5 Å². The minimum atomic E-state index is 0.206. The summed E-state index contributed by atoms with van der Waals surface area (Å²) in [6.07, 6.45) is 0.841. The third kappa shape index (κ3) is 7.08. The molecule has 0 bridgehead atoms. The zero-order valence-corrected chi connectivity index (χ0v) is 43.4. The third-order valence-corrected chi connectivity index (χ3v) is 16.8. The van der Waals surface area contributed by atoms with Crippen LogP contribution in [0.2, 0.25) is 0 Å². The molecule has 15 aromatic rings. The summed E-state index contributed by atoms with van der Waals surface area (Å²) in [6, 6.07) is 94.3. The van der Waals surface area contributed by atoms with Crippen LogP contribution >= 0.6 is 0 Å². The maximum absolute atomic E-state index is 5.40. The van der Waals surface area contributed by atoms with Gasteiger partial charge in [-0.1, -0.05) is 207 Å². The number of fused-ring (bicyclic) bond motifs is 14. The van der Waals surface area contributed by atoms with Gasteiger partial charge in [0.1, 0.15) is 0 Å². The van der Waals surface area contributed by atoms with Crippen LogP contribution in [0.25, 0.3) is 128 Å². The fourth-order valence-electron chi connectivity index (χ4n) is 13.3. The Labute approximate surface area is 456 Å². The van der Waals surface area contributed by atoms with Gasteiger partial charge in [-0.2, -0.15) is 0 Å². The Morgan fingerprint density at radius 2 is 0.759 bits per heavy atom. The van der Waals surface area contributed by atoms with Gasteiger partial charge >= 0.3 is 0 Å². The Morgan fingerprint density at radius 1 is 0.329 bits per heavy atom. The molecule has 0 N–H and O–H groups in total. The number of rotatable bonds is 8. The van der Waals surface area contributed by atoms with Crippen molar-refractivity contribution in [2.24, 2.45) is 0 Å². The molecule has 16 rings (SSSR count). The topological polar surface area (TPSA) is 53.5 Å². The molecular weight excluding hydrogens is 961 g/mol. The average molecular weight is 1010 g/mol. The quantitative estimate of drug-likeness (QED) is 0.152. The van der Waals surface area contributed by atoms with Crippen molar-refractivity contribution >= 4 is 65.4 Å². The SMILES string of the molecule is C[C@@H]1c2c(ccc3c4ccccc4n(-c4ccccc4)c23)-c2ccccc2C1Cc1cccc(-c2nc(-c3ccccc3)nc(-c3cccc(-n4c5ccccc5c5ccc6c7ccccc7n(-c7ccccc7)c6c54)c3)n2)c1. The summed E-state index contributed by atoms with van der Waals surface area (Å²) in [5, 5.41) is 7.38. The molecule has 1 aliphatic rings. The van der Waals surface area contributed by atoms with Crippen LogP contribution in [0.1, 0.15) is 35.4 Å². The van der Waals surface area contributed by atoms with Gasteiger partial charge in [-0.05, 0) is 107 Å². The largest absolute Gasteiger partial charge is 0.309 e. The second-order valence-electron chi connectivity index (χ2n) is 21.1. The van der Waals surface area contributed by atoms with Crippen molar-refractivity contribution in [3.05, 3.63) is 278 Å². The molecule has 0 saturated heterocycles. The average Bonchev–Trinajstić information content (AvgIpc) is 4.24. The first-order valence-corrected chi connectivity index (χ1v) is 27.4. The minimum absolute atomic E-state index is 0.206. The Morgan fingerprint density at radius 3 is 1.37 bits per heavy atom. The molecule has 6 nitrogen and oxygen atoms in total. The lowest BCUT2D eigenvalue weighted by molar-refractivity contribution is 0.568. The molecule has 2 atom stereocenters. The summed E-state index contributed by atoms with van der Waals surface area (Å²) >= 11 is 0. The van der Waals surface area contributed by atoms with Crippen molar-refractivity contribution in [3.8, 4) is 62.4 Å². The van der Waals surface area contributed by atoms with E-state index in [0.29, 0.717) is 17.5 Å². The van der Waals surface area contributed by atoms with Crippen molar-refractivity contribution in [2.45, 2.75) is 25.2 Å². The van der Waals surface area contributed by atoms with Crippen LogP contribution in [0.15, 0.2) is 261 Å². The number of nitrogens with zero attached hydrogens (tertiary/aromatic N) is 6. The minimum Gasteiger partial charge on any atom is -0.309 e. The summed E-state index contributed by atoms with van der Waals surface area (Å²) < 4.78 is 7.37. The predicted molar refractivity (Wildman–Crippen MR) is 326 cm³/mol. The Bertz CT molecular complexity index is 4890. The fourth-order valence-corrected chi connectivity index (χ4v) is 13.3. The Hall–Kier alpha value is -10.2. The van der Waals surface area contributed by atoms with E-state index in [2.05, 4.69) is 263 Å². The van der Waals surface area contributed by atoms with E-state index >= 15 is 0 Å². The van der Waals surface area contributed by atoms with E-state index in [9.17, 15) is 0 Å². The van der Waals surface area contributed by atoms with Gasteiger partial charge in [-0.3, -0.25) is 0 Å². The molecule has 372 valence electrons. The molecule has 79 heavy (non-hydrogen) atoms. The van der Waals surface area contributed by atoms with E-state index in [-0.39, 0.29) is 11.8 Å². The summed E-state index contributed by atoms with van der Waals surface area (Å²) in [5.41, 5.74) is 19.9. The highest BCUT2D eigenvalue weighted by Crippen LogP contribution is 2.52. The summed E-state index contributed by atoms with van der Waals surface area (Å²) in [4.78, 5) is 16.0. The first kappa shape index (κ1) is 45.1. The molecule has 1 aliphatic carbocycles. The van der Waals surface area contributed by atoms with Gasteiger partial charge < -0.3 is 13.7 Å². The van der Waals surface area contributed by atoms with Crippen molar-refractivity contribution < 1.29 is 0 Å². The van der Waals surface area contributed by atoms with E-state index in [1.165, 1.54) is 87.9 Å². The predicted octanol–water partition coefficient (Wildman–Crippen LogP) is 18.3. The monoisotopic (exact) mass is 1010 g/mol. The lowest BCUT2D eigenvalue weighted by Gasteiger charge is -2.35.